The van der Waals surface area contributed by atoms with Crippen molar-refractivity contribution in [3.8, 4) is 45.2 Å². The number of hydrogen-bond acceptors (Lipinski definition) is 7. The first-order valence-electron chi connectivity index (χ1n) is 15.9. The summed E-state index contributed by atoms with van der Waals surface area (Å²) in [5.41, 5.74) is 7.22. The molecule has 0 atom stereocenters. The van der Waals surface area contributed by atoms with E-state index in [1.165, 1.54) is 0 Å². The van der Waals surface area contributed by atoms with Gasteiger partial charge in [0.1, 0.15) is 0 Å². The van der Waals surface area contributed by atoms with Crippen molar-refractivity contribution in [2.45, 2.75) is 0 Å². The summed E-state index contributed by atoms with van der Waals surface area (Å²) in [6.07, 6.45) is 17.0. The lowest BCUT2D eigenvalue weighted by atomic mass is 10.1. The van der Waals surface area contributed by atoms with Crippen LogP contribution in [0.2, 0.25) is 0 Å². The third-order valence-corrected chi connectivity index (χ3v) is 13.3. The van der Waals surface area contributed by atoms with Crippen LogP contribution in [0, 0.1) is 0 Å². The molecule has 0 fully saturated rings. The largest absolute Gasteiger partial charge is 0.264 e. The van der Waals surface area contributed by atoms with Gasteiger partial charge in [-0.2, -0.15) is 0 Å². The van der Waals surface area contributed by atoms with Crippen LogP contribution in [0.25, 0.3) is 45.2 Å². The molecule has 7 aromatic heterocycles. The lowest BCUT2D eigenvalue weighted by molar-refractivity contribution is 1.25. The van der Waals surface area contributed by atoms with E-state index in [1.54, 1.807) is 18.6 Å². The van der Waals surface area contributed by atoms with Gasteiger partial charge in [0.25, 0.3) is 0 Å². The van der Waals surface area contributed by atoms with Crippen LogP contribution >= 0.6 is 0 Å². The summed E-state index contributed by atoms with van der Waals surface area (Å²) in [4.78, 5) is 33.2. The second-order valence-electron chi connectivity index (χ2n) is 11.5. The Hall–Kier alpha value is -6.51. The SMILES string of the molecule is c1ccc(-c2ccc([Si](c3ccc(-c4cccnc4)nc3)(c3ccc(-c4cccnc4)nc3)c3ccc(-c4ccccn4)nc3)cn2)cc1. The number of benzene rings is 1. The van der Waals surface area contributed by atoms with E-state index in [9.17, 15) is 0 Å². The van der Waals surface area contributed by atoms with Crippen LogP contribution in [0.3, 0.4) is 0 Å². The fourth-order valence-corrected chi connectivity index (χ4v) is 10.6. The minimum atomic E-state index is -3.10. The molecule has 0 aliphatic heterocycles. The molecule has 8 rings (SSSR count). The molecule has 49 heavy (non-hydrogen) atoms. The normalized spacial score (nSPS) is 11.3. The molecule has 0 N–H and O–H groups in total. The van der Waals surface area contributed by atoms with Crippen LogP contribution in [0.15, 0.2) is 177 Å². The number of hydrogen-bond donors (Lipinski definition) is 0. The highest BCUT2D eigenvalue weighted by atomic mass is 28.3. The van der Waals surface area contributed by atoms with E-state index in [1.807, 2.05) is 97.8 Å². The maximum absolute atomic E-state index is 5.03. The molecular weight excluding hydrogens is 619 g/mol. The van der Waals surface area contributed by atoms with Crippen LogP contribution in [0.5, 0.6) is 0 Å². The molecule has 0 saturated carbocycles. The quantitative estimate of drug-likeness (QED) is 0.201. The van der Waals surface area contributed by atoms with Gasteiger partial charge < -0.3 is 0 Å². The average molecular weight is 648 g/mol. The topological polar surface area (TPSA) is 90.2 Å². The van der Waals surface area contributed by atoms with E-state index in [0.29, 0.717) is 0 Å². The molecule has 0 unspecified atom stereocenters. The smallest absolute Gasteiger partial charge is 0.185 e. The molecule has 232 valence electrons. The van der Waals surface area contributed by atoms with E-state index in [0.717, 1.165) is 65.9 Å². The van der Waals surface area contributed by atoms with Crippen LogP contribution < -0.4 is 20.7 Å². The predicted molar refractivity (Wildman–Crippen MR) is 196 cm³/mol. The Bertz CT molecular complexity index is 1930. The molecule has 7 heterocycles. The van der Waals surface area contributed by atoms with Crippen molar-refractivity contribution in [2.24, 2.45) is 0 Å². The van der Waals surface area contributed by atoms with E-state index in [4.69, 9.17) is 19.9 Å². The Kier molecular flexibility index (Phi) is 8.11. The molecule has 0 aliphatic rings. The van der Waals surface area contributed by atoms with Gasteiger partial charge in [-0.25, -0.2) is 0 Å². The van der Waals surface area contributed by atoms with Gasteiger partial charge in [-0.1, -0.05) is 60.7 Å². The Labute approximate surface area is 285 Å². The van der Waals surface area contributed by atoms with Gasteiger partial charge in [-0.15, -0.1) is 0 Å². The maximum atomic E-state index is 5.03. The second-order valence-corrected chi connectivity index (χ2v) is 15.4. The van der Waals surface area contributed by atoms with Gasteiger partial charge in [0.05, 0.1) is 28.5 Å². The highest BCUT2D eigenvalue weighted by Gasteiger charge is 2.43. The Morgan fingerprint density at radius 2 is 0.714 bits per heavy atom. The van der Waals surface area contributed by atoms with E-state index >= 15 is 0 Å². The van der Waals surface area contributed by atoms with Crippen molar-refractivity contribution >= 4 is 28.8 Å². The summed E-state index contributed by atoms with van der Waals surface area (Å²) in [7, 11) is -3.10. The van der Waals surface area contributed by atoms with Crippen LogP contribution in [-0.4, -0.2) is 43.0 Å². The fourth-order valence-electron chi connectivity index (χ4n) is 6.28. The lowest BCUT2D eigenvalue weighted by Crippen LogP contribution is -2.75. The first kappa shape index (κ1) is 29.9. The number of aromatic nitrogens is 7. The molecule has 1 aromatic carbocycles. The summed E-state index contributed by atoms with van der Waals surface area (Å²) in [5.74, 6) is 0. The molecule has 0 amide bonds. The average Bonchev–Trinajstić information content (AvgIpc) is 3.20. The third-order valence-electron chi connectivity index (χ3n) is 8.70. The van der Waals surface area contributed by atoms with Crippen molar-refractivity contribution in [3.63, 3.8) is 0 Å². The number of pyridine rings is 7. The molecule has 0 radical (unpaired) electrons. The van der Waals surface area contributed by atoms with Crippen molar-refractivity contribution < 1.29 is 0 Å². The van der Waals surface area contributed by atoms with Gasteiger partial charge in [0.15, 0.2) is 8.07 Å². The summed E-state index contributed by atoms with van der Waals surface area (Å²) >= 11 is 0. The first-order chi connectivity index (χ1) is 24.3. The van der Waals surface area contributed by atoms with Gasteiger partial charge in [0.2, 0.25) is 0 Å². The Morgan fingerprint density at radius 1 is 0.286 bits per heavy atom. The van der Waals surface area contributed by atoms with Crippen molar-refractivity contribution in [3.05, 3.63) is 177 Å². The Balaban J connectivity index is 1.35. The van der Waals surface area contributed by atoms with Gasteiger partial charge in [-0.3, -0.25) is 34.9 Å². The molecule has 0 spiro atoms. The summed E-state index contributed by atoms with van der Waals surface area (Å²) in [6, 6.07) is 41.1. The van der Waals surface area contributed by atoms with Gasteiger partial charge in [-0.05, 0) is 81.4 Å². The molecule has 8 aromatic rings. The molecule has 0 saturated heterocycles. The number of rotatable bonds is 8. The summed E-state index contributed by atoms with van der Waals surface area (Å²) in [6.45, 7) is 0. The van der Waals surface area contributed by atoms with Crippen LogP contribution in [-0.2, 0) is 0 Å². The van der Waals surface area contributed by atoms with Crippen LogP contribution in [0.4, 0.5) is 0 Å². The zero-order chi connectivity index (χ0) is 32.9. The summed E-state index contributed by atoms with van der Waals surface area (Å²) in [5, 5.41) is 4.33. The third kappa shape index (κ3) is 5.81. The van der Waals surface area contributed by atoms with Gasteiger partial charge >= 0.3 is 0 Å². The standard InChI is InChI=1S/C41H29N7Si/c1-2-8-30(9-3-1)37-17-13-33(26-45-37)49(34-14-18-38(46-27-34)31-10-6-21-42-24-31,35-15-19-39(47-28-35)32-11-7-22-43-25-32)36-16-20-41(48-29-36)40-12-4-5-23-44-40/h1-29H. The van der Waals surface area contributed by atoms with Crippen molar-refractivity contribution in [1.82, 2.24) is 34.9 Å². The first-order valence-corrected chi connectivity index (χ1v) is 17.9. The Morgan fingerprint density at radius 3 is 1.12 bits per heavy atom. The maximum Gasteiger partial charge on any atom is 0.185 e. The minimum absolute atomic E-state index is 0.805. The lowest BCUT2D eigenvalue weighted by Gasteiger charge is -2.33. The van der Waals surface area contributed by atoms with Crippen molar-refractivity contribution in [1.29, 1.82) is 0 Å². The second kappa shape index (κ2) is 13.3. The van der Waals surface area contributed by atoms with E-state index in [2.05, 4.69) is 75.6 Å². The van der Waals surface area contributed by atoms with E-state index in [-0.39, 0.29) is 0 Å². The fraction of sp³-hybridized carbons (Fsp3) is 0. The molecule has 0 bridgehead atoms. The zero-order valence-corrected chi connectivity index (χ0v) is 27.4. The molecular formula is C41H29N7Si. The molecule has 8 heteroatoms. The van der Waals surface area contributed by atoms with E-state index < -0.39 is 8.07 Å². The monoisotopic (exact) mass is 647 g/mol. The highest BCUT2D eigenvalue weighted by molar-refractivity contribution is 7.19. The van der Waals surface area contributed by atoms with Crippen LogP contribution in [0.1, 0.15) is 0 Å². The minimum Gasteiger partial charge on any atom is -0.264 e. The molecule has 0 aliphatic carbocycles. The van der Waals surface area contributed by atoms with Gasteiger partial charge in [0, 0.05) is 72.5 Å². The van der Waals surface area contributed by atoms with Crippen molar-refractivity contribution in [2.75, 3.05) is 0 Å². The summed E-state index contributed by atoms with van der Waals surface area (Å²) < 4.78 is 0. The predicted octanol–water partition coefficient (Wildman–Crippen LogP) is 5.50. The highest BCUT2D eigenvalue weighted by Crippen LogP contribution is 2.20. The zero-order valence-electron chi connectivity index (χ0n) is 26.4. The molecule has 7 nitrogen and oxygen atoms in total. The number of nitrogens with zero attached hydrogens (tertiary/aromatic N) is 7.